The lowest BCUT2D eigenvalue weighted by molar-refractivity contribution is -0.0992. The van der Waals surface area contributed by atoms with Gasteiger partial charge in [0.15, 0.2) is 0 Å². The van der Waals surface area contributed by atoms with E-state index in [-0.39, 0.29) is 22.8 Å². The van der Waals surface area contributed by atoms with E-state index in [1.807, 2.05) is 32.2 Å². The largest absolute Gasteiger partial charge is 0.490 e. The van der Waals surface area contributed by atoms with Gasteiger partial charge in [-0.25, -0.2) is 13.1 Å². The lowest BCUT2D eigenvalue weighted by Crippen LogP contribution is -2.61. The third-order valence-corrected chi connectivity index (χ3v) is 16.0. The van der Waals surface area contributed by atoms with E-state index in [2.05, 4.69) is 57.6 Å². The average Bonchev–Trinajstić information content (AvgIpc) is 3.29. The molecule has 0 aromatic heterocycles. The molecule has 3 heterocycles. The Kier molecular flexibility index (Phi) is 11.7. The predicted molar refractivity (Wildman–Crippen MR) is 219 cm³/mol. The lowest BCUT2D eigenvalue weighted by atomic mass is 9.63. The molecule has 55 heavy (non-hydrogen) atoms. The van der Waals surface area contributed by atoms with Gasteiger partial charge >= 0.3 is 0 Å². The van der Waals surface area contributed by atoms with Crippen LogP contribution >= 0.6 is 11.6 Å². The Morgan fingerprint density at radius 2 is 1.84 bits per heavy atom. The number of ether oxygens (including phenoxy) is 3. The number of sulfonamides is 1. The Labute approximate surface area is 333 Å². The van der Waals surface area contributed by atoms with Crippen molar-refractivity contribution in [3.63, 3.8) is 0 Å². The molecular weight excluding hydrogens is 736 g/mol. The van der Waals surface area contributed by atoms with E-state index in [9.17, 15) is 13.2 Å². The van der Waals surface area contributed by atoms with Crippen molar-refractivity contribution in [2.45, 2.75) is 88.0 Å². The van der Waals surface area contributed by atoms with Crippen LogP contribution in [0.2, 0.25) is 5.02 Å². The van der Waals surface area contributed by atoms with Gasteiger partial charge in [-0.05, 0) is 119 Å². The number of hydrogen-bond donors (Lipinski definition) is 1. The zero-order valence-corrected chi connectivity index (χ0v) is 35.2. The summed E-state index contributed by atoms with van der Waals surface area (Å²) in [6, 6.07) is 11.7. The van der Waals surface area contributed by atoms with Crippen molar-refractivity contribution in [2.24, 2.45) is 17.8 Å². The molecule has 2 aliphatic carbocycles. The molecule has 302 valence electrons. The molecule has 2 aromatic rings. The number of benzene rings is 2. The van der Waals surface area contributed by atoms with E-state index in [1.54, 1.807) is 20.1 Å². The van der Waals surface area contributed by atoms with Crippen molar-refractivity contribution >= 4 is 33.2 Å². The third-order valence-electron chi connectivity index (χ3n) is 13.8. The molecule has 1 spiro atoms. The van der Waals surface area contributed by atoms with E-state index in [1.165, 1.54) is 11.1 Å². The van der Waals surface area contributed by atoms with Crippen molar-refractivity contribution in [1.82, 2.24) is 14.5 Å². The second-order valence-electron chi connectivity index (χ2n) is 17.7. The molecule has 3 aliphatic heterocycles. The number of piperazine rings is 1. The normalized spacial score (nSPS) is 32.3. The second-order valence-corrected chi connectivity index (χ2v) is 20.2. The summed E-state index contributed by atoms with van der Waals surface area (Å²) in [7, 11) is -0.347. The van der Waals surface area contributed by atoms with Crippen LogP contribution in [-0.2, 0) is 31.3 Å². The fraction of sp³-hybridized carbons (Fsp3) is 0.651. The summed E-state index contributed by atoms with van der Waals surface area (Å²) < 4.78 is 48.7. The summed E-state index contributed by atoms with van der Waals surface area (Å²) >= 11 is 6.51. The second kappa shape index (κ2) is 15.9. The van der Waals surface area contributed by atoms with Crippen LogP contribution in [0.25, 0.3) is 0 Å². The highest BCUT2D eigenvalue weighted by Gasteiger charge is 2.50. The van der Waals surface area contributed by atoms with Crippen LogP contribution in [0.1, 0.15) is 81.3 Å². The number of fused-ring (bicyclic) bond motifs is 4. The molecule has 1 saturated carbocycles. The smallest absolute Gasteiger partial charge is 0.264 e. The first-order valence-electron chi connectivity index (χ1n) is 20.2. The van der Waals surface area contributed by atoms with Crippen molar-refractivity contribution in [3.05, 3.63) is 70.3 Å². The van der Waals surface area contributed by atoms with Crippen LogP contribution in [0.4, 0.5) is 5.69 Å². The van der Waals surface area contributed by atoms with Crippen LogP contribution in [0.3, 0.4) is 0 Å². The maximum atomic E-state index is 13.7. The van der Waals surface area contributed by atoms with E-state index in [0.29, 0.717) is 43.4 Å². The minimum atomic E-state index is -3.97. The van der Waals surface area contributed by atoms with Gasteiger partial charge in [-0.2, -0.15) is 0 Å². The van der Waals surface area contributed by atoms with Gasteiger partial charge in [-0.3, -0.25) is 14.6 Å². The number of nitrogens with zero attached hydrogens (tertiary/aromatic N) is 3. The van der Waals surface area contributed by atoms with Crippen LogP contribution in [0.15, 0.2) is 48.6 Å². The Morgan fingerprint density at radius 1 is 1.05 bits per heavy atom. The quantitative estimate of drug-likeness (QED) is 0.338. The summed E-state index contributed by atoms with van der Waals surface area (Å²) in [4.78, 5) is 21.2. The number of carbonyl (C=O) groups excluding carboxylic acids is 1. The lowest BCUT2D eigenvalue weighted by Gasteiger charge is -2.53. The highest BCUT2D eigenvalue weighted by molar-refractivity contribution is 7.90. The first-order valence-corrected chi connectivity index (χ1v) is 22.2. The zero-order chi connectivity index (χ0) is 39.2. The summed E-state index contributed by atoms with van der Waals surface area (Å²) in [5, 5.41) is -0.0411. The molecule has 0 radical (unpaired) electrons. The number of halogens is 1. The first kappa shape index (κ1) is 40.5. The number of aryl methyl sites for hydroxylation is 1. The van der Waals surface area contributed by atoms with E-state index < -0.39 is 26.8 Å². The molecule has 0 unspecified atom stereocenters. The third kappa shape index (κ3) is 8.08. The Morgan fingerprint density at radius 3 is 2.55 bits per heavy atom. The number of carbonyl (C=O) groups is 1. The summed E-state index contributed by atoms with van der Waals surface area (Å²) in [5.41, 5.74) is 2.81. The monoisotopic (exact) mass is 796 g/mol. The number of anilines is 1. The van der Waals surface area contributed by atoms with E-state index in [0.717, 1.165) is 82.1 Å². The molecule has 6 atom stereocenters. The van der Waals surface area contributed by atoms with Gasteiger partial charge < -0.3 is 19.1 Å². The first-order chi connectivity index (χ1) is 26.2. The molecular formula is C43H61ClN4O6S. The summed E-state index contributed by atoms with van der Waals surface area (Å²) in [5.74, 6) is 0.432. The number of rotatable bonds is 6. The molecule has 7 rings (SSSR count). The van der Waals surface area contributed by atoms with Gasteiger partial charge in [0.1, 0.15) is 11.4 Å². The Bertz CT molecular complexity index is 1860. The molecule has 2 bridgehead atoms. The van der Waals surface area contributed by atoms with Gasteiger partial charge in [0, 0.05) is 81.6 Å². The average molecular weight is 798 g/mol. The van der Waals surface area contributed by atoms with Crippen LogP contribution in [0, 0.1) is 17.8 Å². The number of methoxy groups -OCH3 is 2. The van der Waals surface area contributed by atoms with Crippen molar-refractivity contribution < 1.29 is 27.4 Å². The SMILES string of the molecule is COCC(C)(C)N1CCN(C[C@@]2(OC)/C=C\C[C@H](C)[C@@H](C)S(=O)(=O)NC(=O)c3ccc4c(c3)N(C[C@@H]3CC[C@H]32)C[C@@]2(CCCc3cc(Cl)ccc32)CO4)CC1. The molecule has 1 amide bonds. The molecule has 2 aromatic carbocycles. The molecule has 12 heteroatoms. The molecule has 1 N–H and O–H groups in total. The van der Waals surface area contributed by atoms with Gasteiger partial charge in [0.25, 0.3) is 5.91 Å². The molecule has 1 saturated heterocycles. The highest BCUT2D eigenvalue weighted by Crippen LogP contribution is 2.49. The Balaban J connectivity index is 1.26. The van der Waals surface area contributed by atoms with Crippen molar-refractivity contribution in [1.29, 1.82) is 0 Å². The zero-order valence-electron chi connectivity index (χ0n) is 33.6. The van der Waals surface area contributed by atoms with E-state index in [4.69, 9.17) is 25.8 Å². The van der Waals surface area contributed by atoms with E-state index >= 15 is 0 Å². The number of nitrogens with one attached hydrogen (secondary N) is 1. The summed E-state index contributed by atoms with van der Waals surface area (Å²) in [6.07, 6.45) is 10.0. The van der Waals surface area contributed by atoms with Crippen LogP contribution in [0.5, 0.6) is 5.75 Å². The molecule has 5 aliphatic rings. The topological polar surface area (TPSA) is 101 Å². The minimum Gasteiger partial charge on any atom is -0.490 e. The predicted octanol–water partition coefficient (Wildman–Crippen LogP) is 6.31. The summed E-state index contributed by atoms with van der Waals surface area (Å²) in [6.45, 7) is 15.3. The maximum absolute atomic E-state index is 13.7. The Hall–Kier alpha value is -2.67. The molecule has 10 nitrogen and oxygen atoms in total. The van der Waals surface area contributed by atoms with Crippen molar-refractivity contribution in [2.75, 3.05) is 78.1 Å². The standard InChI is InChI=1S/C43H61ClN4O6S/c1-30-9-7-18-43(53-6,27-46-19-21-48(22-20-46)41(3,4)28-52-5)37-14-11-34(37)25-47-26-42(17-8-10-32-23-35(44)13-15-36(32)42)29-54-39-16-12-33(24-38(39)47)40(49)45-55(50,51)31(30)2/h7,12-13,15-16,18,23-24,30-31,34,37H,8-11,14,17,19-22,25-29H2,1-6H3,(H,45,49)/b18-7-/t30-,31+,34-,37+,42-,43-/m0/s1. The number of amides is 1. The van der Waals surface area contributed by atoms with Gasteiger partial charge in [0.2, 0.25) is 10.0 Å². The fourth-order valence-electron chi connectivity index (χ4n) is 10.1. The van der Waals surface area contributed by atoms with Crippen LogP contribution in [-0.4, -0.2) is 114 Å². The van der Waals surface area contributed by atoms with Gasteiger partial charge in [0.05, 0.1) is 24.2 Å². The minimum absolute atomic E-state index is 0.0388. The number of allylic oxidation sites excluding steroid dienone is 1. The van der Waals surface area contributed by atoms with Crippen molar-refractivity contribution in [3.8, 4) is 5.75 Å². The maximum Gasteiger partial charge on any atom is 0.264 e. The van der Waals surface area contributed by atoms with Crippen LogP contribution < -0.4 is 14.4 Å². The molecule has 2 fully saturated rings. The highest BCUT2D eigenvalue weighted by atomic mass is 35.5. The number of hydrogen-bond acceptors (Lipinski definition) is 9. The fourth-order valence-corrected chi connectivity index (χ4v) is 11.6. The van der Waals surface area contributed by atoms with Gasteiger partial charge in [-0.1, -0.05) is 36.7 Å². The van der Waals surface area contributed by atoms with Gasteiger partial charge in [-0.15, -0.1) is 0 Å².